The maximum absolute atomic E-state index is 10.3. The van der Waals surface area contributed by atoms with Crippen LogP contribution in [0.4, 0.5) is 0 Å². The van der Waals surface area contributed by atoms with Crippen LogP contribution in [-0.4, -0.2) is 167 Å². The third kappa shape index (κ3) is 16.4. The molecule has 0 unspecified atom stereocenters. The maximum atomic E-state index is 10.3. The van der Waals surface area contributed by atoms with Crippen LogP contribution in [0.5, 0.6) is 86.2 Å². The largest absolute Gasteiger partial charge is 2.00 e. The second-order valence-corrected chi connectivity index (χ2v) is 10.8. The van der Waals surface area contributed by atoms with Crippen molar-refractivity contribution in [1.29, 1.82) is 0 Å². The van der Waals surface area contributed by atoms with Gasteiger partial charge in [0.15, 0.2) is 86.2 Å². The van der Waals surface area contributed by atoms with Gasteiger partial charge in [-0.05, 0) is 60.7 Å². The molecule has 0 atom stereocenters. The Morgan fingerprint density at radius 1 is 0.290 bits per heavy atom. The Morgan fingerprint density at radius 2 is 0.403 bits per heavy atom. The molecule has 5 aromatic carbocycles. The van der Waals surface area contributed by atoms with Crippen molar-refractivity contribution in [3.05, 3.63) is 88.5 Å². The normalized spacial score (nSPS) is 9.35. The number of carbonyl (C=O) groups excluding carboxylic acids is 2. The number of carbonyl (C=O) groups is 5. The van der Waals surface area contributed by atoms with Crippen molar-refractivity contribution in [2.75, 3.05) is 0 Å². The summed E-state index contributed by atoms with van der Waals surface area (Å²) >= 11 is 0. The summed E-state index contributed by atoms with van der Waals surface area (Å²) in [6, 6.07) is 8.20. The molecule has 1 radical (unpaired) electrons. The summed E-state index contributed by atoms with van der Waals surface area (Å²) < 4.78 is 0. The van der Waals surface area contributed by atoms with Gasteiger partial charge in [0.05, 0.1) is 28.6 Å². The van der Waals surface area contributed by atoms with Crippen molar-refractivity contribution in [2.45, 2.75) is 0 Å². The molecule has 0 saturated heterocycles. The second-order valence-electron chi connectivity index (χ2n) is 10.8. The minimum Gasteiger partial charge on any atom is -0.545 e. The molecule has 18 N–H and O–H groups in total. The fourth-order valence-corrected chi connectivity index (χ4v) is 3.63. The van der Waals surface area contributed by atoms with Gasteiger partial charge in [-0.3, -0.25) is 0 Å². The van der Waals surface area contributed by atoms with E-state index in [0.29, 0.717) is 0 Å². The number of phenolic OH excluding ortho intramolecular Hbond substituents is 15. The number of aromatic carboxylic acids is 5. The van der Waals surface area contributed by atoms with Crippen LogP contribution in [0.25, 0.3) is 0 Å². The predicted molar refractivity (Wildman–Crippen MR) is 192 cm³/mol. The molecular weight excluding hydrogens is 1100 g/mol. The van der Waals surface area contributed by atoms with Gasteiger partial charge in [0.25, 0.3) is 0 Å². The van der Waals surface area contributed by atoms with Gasteiger partial charge in [-0.25, -0.2) is 14.4 Å². The number of rotatable bonds is 5. The monoisotopic (exact) mass is 1130 g/mol. The van der Waals surface area contributed by atoms with Crippen molar-refractivity contribution in [1.82, 2.24) is 0 Å². The molecule has 0 aliphatic carbocycles. The van der Waals surface area contributed by atoms with E-state index in [-0.39, 0.29) is 84.6 Å². The molecule has 27 heteroatoms. The molecule has 25 nitrogen and oxygen atoms in total. The SMILES string of the molecule is O=C(O)c1cc(O)c(O)c(O)c1.O=C(O)c1cc(O)c(O)c(O)c1.O=C(O)c1cc(O)c(O)c(O)c1.O=C([O-])c1cc(O)c(O)c(O)c1.O=C([O-])c1cc(O)c(O)c(O)c1.[Au].[Sr+2]. The molecule has 0 amide bonds. The Morgan fingerprint density at radius 3 is 0.500 bits per heavy atom. The fourth-order valence-electron chi connectivity index (χ4n) is 3.63. The first-order chi connectivity index (χ1) is 27.6. The first-order valence-electron chi connectivity index (χ1n) is 15.0. The molecular formula is C35H28AuO25Sr. The van der Waals surface area contributed by atoms with Gasteiger partial charge >= 0.3 is 63.4 Å². The van der Waals surface area contributed by atoms with Crippen LogP contribution in [-0.2, 0) is 22.4 Å². The number of hydrogen-bond acceptors (Lipinski definition) is 22. The van der Waals surface area contributed by atoms with E-state index < -0.39 is 127 Å². The predicted octanol–water partition coefficient (Wildman–Crippen LogP) is -0.545. The molecule has 5 rings (SSSR count). The smallest absolute Gasteiger partial charge is 0.545 e. The number of hydrogen-bond donors (Lipinski definition) is 18. The number of carboxylic acids is 5. The summed E-state index contributed by atoms with van der Waals surface area (Å²) in [6.45, 7) is 0. The Balaban J connectivity index is 0. The van der Waals surface area contributed by atoms with Gasteiger partial charge in [-0.2, -0.15) is 0 Å². The molecule has 0 fully saturated rings. The second kappa shape index (κ2) is 24.7. The molecule has 331 valence electrons. The van der Waals surface area contributed by atoms with E-state index in [4.69, 9.17) is 91.9 Å². The van der Waals surface area contributed by atoms with Crippen molar-refractivity contribution in [3.8, 4) is 86.2 Å². The van der Waals surface area contributed by atoms with E-state index in [0.717, 1.165) is 60.7 Å². The number of benzene rings is 5. The Labute approximate surface area is 395 Å². The molecule has 0 saturated carbocycles. The molecule has 0 aliphatic heterocycles. The van der Waals surface area contributed by atoms with Crippen LogP contribution in [0, 0.1) is 0 Å². The Hall–Kier alpha value is -7.33. The van der Waals surface area contributed by atoms with Crippen LogP contribution in [0.3, 0.4) is 0 Å². The van der Waals surface area contributed by atoms with Crippen LogP contribution in [0.1, 0.15) is 51.8 Å². The van der Waals surface area contributed by atoms with Crippen molar-refractivity contribution >= 4 is 75.3 Å². The summed E-state index contributed by atoms with van der Waals surface area (Å²) in [4.78, 5) is 51.3. The van der Waals surface area contributed by atoms with Crippen molar-refractivity contribution < 1.29 is 148 Å². The van der Waals surface area contributed by atoms with Crippen LogP contribution in [0.15, 0.2) is 60.7 Å². The van der Waals surface area contributed by atoms with Gasteiger partial charge in [0, 0.05) is 33.5 Å². The minimum atomic E-state index is -1.54. The molecule has 0 spiro atoms. The van der Waals surface area contributed by atoms with E-state index in [1.807, 2.05) is 0 Å². The third-order valence-corrected chi connectivity index (χ3v) is 6.56. The molecule has 0 heterocycles. The number of aromatic hydroxyl groups is 15. The van der Waals surface area contributed by atoms with Gasteiger partial charge in [-0.1, -0.05) is 0 Å². The van der Waals surface area contributed by atoms with Gasteiger partial charge in [-0.15, -0.1) is 0 Å². The topological polar surface area (TPSA) is 496 Å². The number of phenols is 15. The third-order valence-electron chi connectivity index (χ3n) is 6.56. The average Bonchev–Trinajstić information content (AvgIpc) is 3.15. The Bertz CT molecular complexity index is 1940. The summed E-state index contributed by atoms with van der Waals surface area (Å²) in [6.07, 6.45) is 0. The Kier molecular flexibility index (Phi) is 22.6. The van der Waals surface area contributed by atoms with Crippen LogP contribution >= 0.6 is 0 Å². The summed E-state index contributed by atoms with van der Waals surface area (Å²) in [7, 11) is 0. The van der Waals surface area contributed by atoms with Gasteiger partial charge in [0.2, 0.25) is 0 Å². The van der Waals surface area contributed by atoms with E-state index in [1.165, 1.54) is 0 Å². The summed E-state index contributed by atoms with van der Waals surface area (Å²) in [5, 5.41) is 178. The first kappa shape index (κ1) is 56.8. The first-order valence-corrected chi connectivity index (χ1v) is 15.0. The fraction of sp³-hybridized carbons (Fsp3) is 0. The van der Waals surface area contributed by atoms with E-state index >= 15 is 0 Å². The van der Waals surface area contributed by atoms with Crippen LogP contribution < -0.4 is 10.2 Å². The average molecular weight is 1130 g/mol. The summed E-state index contributed by atoms with van der Waals surface area (Å²) in [5.41, 5.74) is -1.67. The zero-order valence-corrected chi connectivity index (χ0v) is 35.8. The molecule has 5 aromatic rings. The molecule has 0 aliphatic rings. The van der Waals surface area contributed by atoms with Crippen molar-refractivity contribution in [2.24, 2.45) is 0 Å². The van der Waals surface area contributed by atoms with Crippen molar-refractivity contribution in [3.63, 3.8) is 0 Å². The molecule has 62 heavy (non-hydrogen) atoms. The van der Waals surface area contributed by atoms with Gasteiger partial charge < -0.3 is 112 Å². The van der Waals surface area contributed by atoms with Gasteiger partial charge in [0.1, 0.15) is 0 Å². The zero-order chi connectivity index (χ0) is 46.5. The quantitative estimate of drug-likeness (QED) is 0.0776. The standard InChI is InChI=1S/5C7H6O5.Au.Sr/c5*8-4-1-3(7(11)12)2-5(9)6(4)10;;/h5*1-2,8-10H,(H,11,12);;/q;;;;;;+2/p-2. The molecule has 0 bridgehead atoms. The van der Waals surface area contributed by atoms with E-state index in [2.05, 4.69) is 0 Å². The minimum absolute atomic E-state index is 0. The van der Waals surface area contributed by atoms with E-state index in [9.17, 15) is 34.2 Å². The molecule has 0 aromatic heterocycles. The maximum Gasteiger partial charge on any atom is 2.00 e. The van der Waals surface area contributed by atoms with Crippen LogP contribution in [0.2, 0.25) is 0 Å². The van der Waals surface area contributed by atoms with E-state index in [1.54, 1.807) is 0 Å². The zero-order valence-electron chi connectivity index (χ0n) is 30.2. The number of carboxylic acid groups (broad SMARTS) is 5. The summed E-state index contributed by atoms with van der Waals surface area (Å²) in [5.74, 6) is -17.4.